The molecule has 1 amide bonds. The Morgan fingerprint density at radius 3 is 2.65 bits per heavy atom. The lowest BCUT2D eigenvalue weighted by atomic mass is 10.1. The van der Waals surface area contributed by atoms with Gasteiger partial charge in [0.2, 0.25) is 15.9 Å². The number of benzene rings is 1. The molecular formula is C17H24FN3O4S. The van der Waals surface area contributed by atoms with Gasteiger partial charge >= 0.3 is 0 Å². The number of amides is 1. The number of sulfonamides is 1. The average Bonchev–Trinajstić information content (AvgIpc) is 2.95. The van der Waals surface area contributed by atoms with Crippen molar-refractivity contribution in [3.8, 4) is 0 Å². The minimum Gasteiger partial charge on any atom is -0.375 e. The number of carbonyl (C=O) groups excluding carboxylic acids is 1. The van der Waals surface area contributed by atoms with Crippen LogP contribution in [0, 0.1) is 5.82 Å². The van der Waals surface area contributed by atoms with Crippen LogP contribution in [-0.2, 0) is 19.6 Å². The number of carbonyl (C=O) groups is 1. The van der Waals surface area contributed by atoms with Gasteiger partial charge in [-0.25, -0.2) is 17.5 Å². The molecule has 0 radical (unpaired) electrons. The minimum absolute atomic E-state index is 0.0150. The number of nitrogens with one attached hydrogen (secondary N) is 1. The van der Waals surface area contributed by atoms with Crippen LogP contribution in [0.5, 0.6) is 0 Å². The topological polar surface area (TPSA) is 79.0 Å². The van der Waals surface area contributed by atoms with Crippen LogP contribution >= 0.6 is 0 Å². The Labute approximate surface area is 153 Å². The molecule has 2 fully saturated rings. The molecule has 0 aromatic heterocycles. The van der Waals surface area contributed by atoms with Gasteiger partial charge in [0.1, 0.15) is 5.82 Å². The van der Waals surface area contributed by atoms with Crippen molar-refractivity contribution < 1.29 is 22.3 Å². The monoisotopic (exact) mass is 385 g/mol. The quantitative estimate of drug-likeness (QED) is 0.795. The molecule has 2 heterocycles. The molecule has 1 N–H and O–H groups in total. The zero-order valence-corrected chi connectivity index (χ0v) is 15.7. The van der Waals surface area contributed by atoms with E-state index in [0.717, 1.165) is 12.1 Å². The second kappa shape index (κ2) is 7.59. The van der Waals surface area contributed by atoms with E-state index in [1.54, 1.807) is 19.0 Å². The van der Waals surface area contributed by atoms with Gasteiger partial charge in [0, 0.05) is 39.3 Å². The Morgan fingerprint density at radius 1 is 1.31 bits per heavy atom. The van der Waals surface area contributed by atoms with E-state index < -0.39 is 15.8 Å². The molecule has 2 aliphatic heterocycles. The number of fused-ring (bicyclic) bond motifs is 1. The maximum atomic E-state index is 13.0. The molecule has 7 nitrogen and oxygen atoms in total. The van der Waals surface area contributed by atoms with Gasteiger partial charge < -0.3 is 9.64 Å². The summed E-state index contributed by atoms with van der Waals surface area (Å²) in [6.45, 7) is 1.67. The van der Waals surface area contributed by atoms with Crippen LogP contribution in [0.2, 0.25) is 0 Å². The molecule has 0 aliphatic carbocycles. The normalized spacial score (nSPS) is 26.5. The van der Waals surface area contributed by atoms with Crippen LogP contribution in [0.3, 0.4) is 0 Å². The van der Waals surface area contributed by atoms with E-state index in [-0.39, 0.29) is 29.0 Å². The van der Waals surface area contributed by atoms with E-state index in [9.17, 15) is 17.6 Å². The molecule has 1 aromatic carbocycles. The fourth-order valence-electron chi connectivity index (χ4n) is 3.43. The van der Waals surface area contributed by atoms with Crippen LogP contribution in [0.15, 0.2) is 29.2 Å². The van der Waals surface area contributed by atoms with Crippen molar-refractivity contribution in [3.05, 3.63) is 30.1 Å². The highest BCUT2D eigenvalue weighted by molar-refractivity contribution is 7.89. The van der Waals surface area contributed by atoms with E-state index in [1.165, 1.54) is 12.1 Å². The van der Waals surface area contributed by atoms with Gasteiger partial charge in [-0.05, 0) is 30.7 Å². The second-order valence-corrected chi connectivity index (χ2v) is 8.78. The third-order valence-electron chi connectivity index (χ3n) is 4.84. The highest BCUT2D eigenvalue weighted by Crippen LogP contribution is 2.25. The molecule has 3 atom stereocenters. The number of hydrogen-bond donors (Lipinski definition) is 1. The zero-order valence-electron chi connectivity index (χ0n) is 14.9. The van der Waals surface area contributed by atoms with Gasteiger partial charge in [-0.2, -0.15) is 0 Å². The van der Waals surface area contributed by atoms with Gasteiger partial charge in [-0.3, -0.25) is 9.69 Å². The van der Waals surface area contributed by atoms with Crippen molar-refractivity contribution in [2.45, 2.75) is 35.9 Å². The standard InChI is InChI=1S/C17H24FN3O4S/c1-20(2)17(22)8-15-10-21-9-13(7-14(21)11-25-15)19-26(23,24)16-5-3-12(18)4-6-16/h3-6,13-15,19H,7-11H2,1-2H3/t13-,14+,15+/m1/s1. The Kier molecular flexibility index (Phi) is 5.61. The van der Waals surface area contributed by atoms with E-state index in [4.69, 9.17) is 4.74 Å². The Balaban J connectivity index is 1.58. The molecule has 2 aliphatic rings. The van der Waals surface area contributed by atoms with Crippen LogP contribution < -0.4 is 4.72 Å². The van der Waals surface area contributed by atoms with Crippen molar-refractivity contribution in [3.63, 3.8) is 0 Å². The predicted molar refractivity (Wildman–Crippen MR) is 93.5 cm³/mol. The first-order valence-corrected chi connectivity index (χ1v) is 10.1. The summed E-state index contributed by atoms with van der Waals surface area (Å²) >= 11 is 0. The van der Waals surface area contributed by atoms with E-state index in [1.807, 2.05) is 0 Å². The van der Waals surface area contributed by atoms with E-state index in [2.05, 4.69) is 9.62 Å². The molecule has 2 saturated heterocycles. The Hall–Kier alpha value is -1.55. The maximum absolute atomic E-state index is 13.0. The smallest absolute Gasteiger partial charge is 0.240 e. The first kappa shape index (κ1) is 19.2. The molecular weight excluding hydrogens is 361 g/mol. The second-order valence-electron chi connectivity index (χ2n) is 7.06. The predicted octanol–water partition coefficient (Wildman–Crippen LogP) is 0.424. The van der Waals surface area contributed by atoms with Crippen molar-refractivity contribution in [2.75, 3.05) is 33.8 Å². The van der Waals surface area contributed by atoms with Crippen molar-refractivity contribution >= 4 is 15.9 Å². The summed E-state index contributed by atoms with van der Waals surface area (Å²) in [5.74, 6) is -0.460. The molecule has 0 saturated carbocycles. The Bertz CT molecular complexity index is 754. The summed E-state index contributed by atoms with van der Waals surface area (Å²) in [5.41, 5.74) is 0. The van der Waals surface area contributed by atoms with Crippen molar-refractivity contribution in [1.29, 1.82) is 0 Å². The number of halogens is 1. The molecule has 0 unspecified atom stereocenters. The largest absolute Gasteiger partial charge is 0.375 e. The highest BCUT2D eigenvalue weighted by atomic mass is 32.2. The molecule has 0 bridgehead atoms. The lowest BCUT2D eigenvalue weighted by Gasteiger charge is -2.35. The molecule has 1 aromatic rings. The summed E-state index contributed by atoms with van der Waals surface area (Å²) in [7, 11) is -0.267. The van der Waals surface area contributed by atoms with Crippen LogP contribution in [0.25, 0.3) is 0 Å². The summed E-state index contributed by atoms with van der Waals surface area (Å²) in [5, 5.41) is 0. The highest BCUT2D eigenvalue weighted by Gasteiger charge is 2.39. The van der Waals surface area contributed by atoms with E-state index >= 15 is 0 Å². The lowest BCUT2D eigenvalue weighted by molar-refractivity contribution is -0.134. The van der Waals surface area contributed by atoms with Gasteiger partial charge in [0.15, 0.2) is 0 Å². The van der Waals surface area contributed by atoms with Crippen molar-refractivity contribution in [1.82, 2.24) is 14.5 Å². The van der Waals surface area contributed by atoms with Gasteiger partial charge in [-0.1, -0.05) is 0 Å². The summed E-state index contributed by atoms with van der Waals surface area (Å²) in [6, 6.07) is 4.68. The third kappa shape index (κ3) is 4.40. The first-order valence-electron chi connectivity index (χ1n) is 8.58. The third-order valence-corrected chi connectivity index (χ3v) is 6.37. The molecule has 0 spiro atoms. The van der Waals surface area contributed by atoms with Crippen LogP contribution in [0.4, 0.5) is 4.39 Å². The first-order chi connectivity index (χ1) is 12.2. The lowest BCUT2D eigenvalue weighted by Crippen LogP contribution is -2.47. The number of hydrogen-bond acceptors (Lipinski definition) is 5. The molecule has 3 rings (SSSR count). The summed E-state index contributed by atoms with van der Waals surface area (Å²) < 4.78 is 46.4. The van der Waals surface area contributed by atoms with Gasteiger partial charge in [-0.15, -0.1) is 0 Å². The SMILES string of the molecule is CN(C)C(=O)C[C@H]1CN2C[C@H](NS(=O)(=O)c3ccc(F)cc3)C[C@H]2CO1. The van der Waals surface area contributed by atoms with Crippen molar-refractivity contribution in [2.24, 2.45) is 0 Å². The van der Waals surface area contributed by atoms with E-state index in [0.29, 0.717) is 32.5 Å². The molecule has 9 heteroatoms. The molecule has 144 valence electrons. The average molecular weight is 385 g/mol. The number of nitrogens with zero attached hydrogens (tertiary/aromatic N) is 2. The molecule has 26 heavy (non-hydrogen) atoms. The summed E-state index contributed by atoms with van der Waals surface area (Å²) in [4.78, 5) is 15.6. The number of ether oxygens (including phenoxy) is 1. The minimum atomic E-state index is -3.69. The van der Waals surface area contributed by atoms with Crippen LogP contribution in [0.1, 0.15) is 12.8 Å². The zero-order chi connectivity index (χ0) is 18.9. The number of rotatable bonds is 5. The fourth-order valence-corrected chi connectivity index (χ4v) is 4.67. The van der Waals surface area contributed by atoms with Gasteiger partial charge in [0.05, 0.1) is 24.0 Å². The Morgan fingerprint density at radius 2 is 2.00 bits per heavy atom. The fraction of sp³-hybridized carbons (Fsp3) is 0.588. The maximum Gasteiger partial charge on any atom is 0.240 e. The van der Waals surface area contributed by atoms with Crippen LogP contribution in [-0.4, -0.2) is 76.1 Å². The summed E-state index contributed by atoms with van der Waals surface area (Å²) in [6.07, 6.45) is 0.797. The van der Waals surface area contributed by atoms with Gasteiger partial charge in [0.25, 0.3) is 0 Å². The number of morpholine rings is 1.